The molecule has 0 bridgehead atoms. The van der Waals surface area contributed by atoms with Crippen LogP contribution in [-0.4, -0.2) is 113 Å². The van der Waals surface area contributed by atoms with Gasteiger partial charge in [-0.2, -0.15) is 23.4 Å². The summed E-state index contributed by atoms with van der Waals surface area (Å²) in [6, 6.07) is 10.9. The molecule has 12 nitrogen and oxygen atoms in total. The largest absolute Gasteiger partial charge is 0.486 e. The summed E-state index contributed by atoms with van der Waals surface area (Å²) < 4.78 is 68.4. The van der Waals surface area contributed by atoms with Crippen molar-refractivity contribution in [3.63, 3.8) is 0 Å². The number of carbonyl (C=O) groups excluding carboxylic acids is 1. The second-order valence-corrected chi connectivity index (χ2v) is 11.5. The lowest BCUT2D eigenvalue weighted by Crippen LogP contribution is -2.56. The number of nitrogens with one attached hydrogen (secondary N) is 1. The van der Waals surface area contributed by atoms with Crippen LogP contribution in [0.5, 0.6) is 5.75 Å². The van der Waals surface area contributed by atoms with Gasteiger partial charge in [-0.25, -0.2) is 14.4 Å². The highest BCUT2D eigenvalue weighted by Gasteiger charge is 2.37. The maximum Gasteiger partial charge on any atom is 0.418 e. The van der Waals surface area contributed by atoms with Crippen LogP contribution >= 0.6 is 0 Å². The summed E-state index contributed by atoms with van der Waals surface area (Å²) in [5.74, 6) is -0.291. The van der Waals surface area contributed by atoms with E-state index < -0.39 is 36.5 Å². The van der Waals surface area contributed by atoms with Crippen LogP contribution in [0, 0.1) is 11.3 Å². The molecule has 1 aromatic heterocycles. The lowest BCUT2D eigenvalue weighted by Gasteiger charge is -2.43. The Morgan fingerprint density at radius 3 is 2.55 bits per heavy atom. The van der Waals surface area contributed by atoms with Gasteiger partial charge in [0, 0.05) is 56.1 Å². The molecule has 3 saturated heterocycles. The summed E-state index contributed by atoms with van der Waals surface area (Å²) in [4.78, 5) is 29.5. The Kier molecular flexibility index (Phi) is 9.39. The molecular weight excluding hydrogens is 624 g/mol. The summed E-state index contributed by atoms with van der Waals surface area (Å²) in [5, 5.41) is 21.6. The molecule has 3 aliphatic rings. The van der Waals surface area contributed by atoms with E-state index in [-0.39, 0.29) is 54.0 Å². The van der Waals surface area contributed by atoms with Gasteiger partial charge in [-0.15, -0.1) is 0 Å². The highest BCUT2D eigenvalue weighted by Crippen LogP contribution is 2.39. The number of aliphatic hydroxyl groups is 1. The fraction of sp³-hybridized carbons (Fsp3) is 0.452. The number of alkyl halides is 4. The molecule has 1 amide bonds. The first-order valence-corrected chi connectivity index (χ1v) is 15.1. The predicted octanol–water partition coefficient (Wildman–Crippen LogP) is 3.00. The summed E-state index contributed by atoms with van der Waals surface area (Å²) in [6.07, 6.45) is -5.64. The Labute approximate surface area is 267 Å². The molecule has 47 heavy (non-hydrogen) atoms. The molecule has 0 aliphatic carbocycles. The Morgan fingerprint density at radius 2 is 1.89 bits per heavy atom. The Morgan fingerprint density at radius 1 is 1.11 bits per heavy atom. The first-order valence-electron chi connectivity index (χ1n) is 15.1. The van der Waals surface area contributed by atoms with Crippen LogP contribution in [0.3, 0.4) is 0 Å². The minimum atomic E-state index is -4.59. The number of nitrogens with zero attached hydrogens (tertiary/aromatic N) is 7. The SMILES string of the molecule is N#Cc1cc(-c2ncnc(Nc3ccc(N4CCN(C5COC5)CC4)c(C(F)(F)F)c3)n2)ccc1O[C@H]1CCN(C(=O)CO)C[C@@H]1F. The number of halogens is 4. The van der Waals surface area contributed by atoms with Crippen LogP contribution in [-0.2, 0) is 15.7 Å². The average molecular weight is 657 g/mol. The second kappa shape index (κ2) is 13.6. The van der Waals surface area contributed by atoms with Gasteiger partial charge >= 0.3 is 6.18 Å². The first kappa shape index (κ1) is 32.4. The van der Waals surface area contributed by atoms with E-state index >= 15 is 0 Å². The number of aromatic nitrogens is 3. The molecule has 0 saturated carbocycles. The molecule has 4 heterocycles. The minimum Gasteiger partial charge on any atom is -0.486 e. The fourth-order valence-electron chi connectivity index (χ4n) is 5.87. The van der Waals surface area contributed by atoms with E-state index in [1.165, 1.54) is 29.4 Å². The van der Waals surface area contributed by atoms with Crippen molar-refractivity contribution in [1.29, 1.82) is 5.26 Å². The zero-order valence-corrected chi connectivity index (χ0v) is 25.2. The number of ether oxygens (including phenoxy) is 2. The lowest BCUT2D eigenvalue weighted by atomic mass is 10.0. The van der Waals surface area contributed by atoms with E-state index in [1.54, 1.807) is 17.0 Å². The number of hydrogen-bond donors (Lipinski definition) is 2. The van der Waals surface area contributed by atoms with Crippen molar-refractivity contribution < 1.29 is 36.9 Å². The quantitative estimate of drug-likeness (QED) is 0.346. The first-order chi connectivity index (χ1) is 22.6. The van der Waals surface area contributed by atoms with Crippen LogP contribution in [0.25, 0.3) is 11.4 Å². The van der Waals surface area contributed by atoms with Gasteiger partial charge in [0.2, 0.25) is 11.9 Å². The number of aliphatic hydroxyl groups excluding tert-OH is 1. The third kappa shape index (κ3) is 7.22. The second-order valence-electron chi connectivity index (χ2n) is 11.5. The maximum atomic E-state index is 14.8. The van der Waals surface area contributed by atoms with E-state index in [4.69, 9.17) is 14.6 Å². The molecule has 3 aliphatic heterocycles. The molecule has 2 atom stereocenters. The van der Waals surface area contributed by atoms with Gasteiger partial charge in [0.05, 0.1) is 36.9 Å². The van der Waals surface area contributed by atoms with Crippen molar-refractivity contribution in [2.75, 3.05) is 69.3 Å². The van der Waals surface area contributed by atoms with Crippen LogP contribution in [0.1, 0.15) is 17.5 Å². The van der Waals surface area contributed by atoms with Gasteiger partial charge in [0.1, 0.15) is 30.9 Å². The lowest BCUT2D eigenvalue weighted by molar-refractivity contribution is -0.138. The van der Waals surface area contributed by atoms with Crippen LogP contribution in [0.15, 0.2) is 42.7 Å². The summed E-state index contributed by atoms with van der Waals surface area (Å²) in [5.41, 5.74) is -0.0344. The minimum absolute atomic E-state index is 0.00417. The monoisotopic (exact) mass is 656 g/mol. The fourth-order valence-corrected chi connectivity index (χ4v) is 5.87. The summed E-state index contributed by atoms with van der Waals surface area (Å²) in [6.45, 7) is 2.83. The number of likely N-dealkylation sites (tertiary alicyclic amines) is 1. The van der Waals surface area contributed by atoms with Gasteiger partial charge < -0.3 is 29.7 Å². The number of carbonyl (C=O) groups is 1. The van der Waals surface area contributed by atoms with E-state index in [2.05, 4.69) is 25.2 Å². The Balaban J connectivity index is 1.15. The van der Waals surface area contributed by atoms with Crippen molar-refractivity contribution in [3.8, 4) is 23.2 Å². The van der Waals surface area contributed by atoms with Crippen molar-refractivity contribution in [3.05, 3.63) is 53.9 Å². The van der Waals surface area contributed by atoms with Crippen LogP contribution in [0.4, 0.5) is 34.9 Å². The molecule has 3 fully saturated rings. The molecule has 248 valence electrons. The summed E-state index contributed by atoms with van der Waals surface area (Å²) in [7, 11) is 0. The van der Waals surface area contributed by atoms with Gasteiger partial charge in [-0.3, -0.25) is 9.69 Å². The molecule has 2 aromatic carbocycles. The number of piperazine rings is 1. The highest BCUT2D eigenvalue weighted by molar-refractivity contribution is 5.77. The van der Waals surface area contributed by atoms with Gasteiger partial charge in [0.25, 0.3) is 0 Å². The standard InChI is InChI=1S/C31H32F4N8O4/c32-24-14-43(28(45)15-44)6-5-27(24)47-26-4-1-19(11-20(26)13-36)29-37-18-38-30(40-29)39-21-2-3-25(23(12-21)31(33,34)35)42-9-7-41(8-10-42)22-16-46-17-22/h1-4,11-12,18,22,24,27,44H,5-10,14-17H2,(H,37,38,39,40)/t24-,27-/m0/s1. The molecule has 3 aromatic rings. The number of anilines is 3. The van der Waals surface area contributed by atoms with Gasteiger partial charge in [0.15, 0.2) is 12.0 Å². The molecule has 6 rings (SSSR count). The molecule has 0 spiro atoms. The number of hydrogen-bond acceptors (Lipinski definition) is 11. The average Bonchev–Trinajstić information content (AvgIpc) is 3.04. The third-order valence-corrected chi connectivity index (χ3v) is 8.53. The van der Waals surface area contributed by atoms with Gasteiger partial charge in [-0.1, -0.05) is 0 Å². The molecular formula is C31H32F4N8O4. The molecule has 0 radical (unpaired) electrons. The Hall–Kier alpha value is -4.59. The third-order valence-electron chi connectivity index (χ3n) is 8.53. The molecule has 0 unspecified atom stereocenters. The summed E-state index contributed by atoms with van der Waals surface area (Å²) >= 11 is 0. The number of piperidine rings is 1. The zero-order chi connectivity index (χ0) is 33.1. The van der Waals surface area contributed by atoms with Gasteiger partial charge in [-0.05, 0) is 36.4 Å². The molecule has 2 N–H and O–H groups in total. The van der Waals surface area contributed by atoms with E-state index in [9.17, 15) is 27.6 Å². The zero-order valence-electron chi connectivity index (χ0n) is 25.2. The molecule has 16 heteroatoms. The topological polar surface area (TPSA) is 140 Å². The Bertz CT molecular complexity index is 1640. The number of rotatable bonds is 8. The smallest absolute Gasteiger partial charge is 0.418 e. The van der Waals surface area contributed by atoms with E-state index in [0.29, 0.717) is 51.0 Å². The van der Waals surface area contributed by atoms with Crippen molar-refractivity contribution in [2.45, 2.75) is 30.9 Å². The van der Waals surface area contributed by atoms with Crippen LogP contribution < -0.4 is 15.0 Å². The van der Waals surface area contributed by atoms with Crippen molar-refractivity contribution in [2.24, 2.45) is 0 Å². The van der Waals surface area contributed by atoms with E-state index in [0.717, 1.165) is 6.07 Å². The maximum absolute atomic E-state index is 14.8. The number of amides is 1. The van der Waals surface area contributed by atoms with Crippen molar-refractivity contribution in [1.82, 2.24) is 24.8 Å². The number of nitriles is 1. The van der Waals surface area contributed by atoms with Crippen LogP contribution in [0.2, 0.25) is 0 Å². The van der Waals surface area contributed by atoms with Crippen molar-refractivity contribution >= 4 is 23.2 Å². The van der Waals surface area contributed by atoms with E-state index in [1.807, 2.05) is 6.07 Å². The number of benzene rings is 2. The predicted molar refractivity (Wildman–Crippen MR) is 161 cm³/mol. The normalized spacial score (nSPS) is 20.8. The highest BCUT2D eigenvalue weighted by atomic mass is 19.4.